The van der Waals surface area contributed by atoms with E-state index in [1.165, 1.54) is 6.07 Å². The van der Waals surface area contributed by atoms with E-state index < -0.39 is 12.1 Å². The fourth-order valence-electron chi connectivity index (χ4n) is 7.14. The fourth-order valence-corrected chi connectivity index (χ4v) is 7.34. The van der Waals surface area contributed by atoms with Gasteiger partial charge in [0.15, 0.2) is 0 Å². The maximum Gasteiger partial charge on any atom is 0.408 e. The van der Waals surface area contributed by atoms with Crippen molar-refractivity contribution in [2.75, 3.05) is 52.4 Å². The van der Waals surface area contributed by atoms with E-state index in [1.54, 1.807) is 12.1 Å². The number of likely N-dealkylation sites (tertiary alicyclic amines) is 1. The highest BCUT2D eigenvalue weighted by molar-refractivity contribution is 6.30. The molecule has 0 radical (unpaired) electrons. The second-order valence-electron chi connectivity index (χ2n) is 13.8. The molecule has 6 rings (SSSR count). The van der Waals surface area contributed by atoms with E-state index in [0.29, 0.717) is 55.7 Å². The van der Waals surface area contributed by atoms with Gasteiger partial charge >= 0.3 is 6.09 Å². The normalized spacial score (nSPS) is 15.9. The van der Waals surface area contributed by atoms with Gasteiger partial charge in [0.2, 0.25) is 5.91 Å². The number of benzene rings is 4. The first-order valence-electron chi connectivity index (χ1n) is 18.8. The molecule has 2 aliphatic rings. The van der Waals surface area contributed by atoms with Crippen LogP contribution in [-0.2, 0) is 29.1 Å². The van der Waals surface area contributed by atoms with Gasteiger partial charge in [-0.05, 0) is 98.8 Å². The predicted molar refractivity (Wildman–Crippen MR) is 210 cm³/mol. The molecular formula is C44H48ClFN4O4. The Kier molecular flexibility index (Phi) is 14.0. The molecule has 8 nitrogen and oxygen atoms in total. The van der Waals surface area contributed by atoms with Crippen molar-refractivity contribution in [1.82, 2.24) is 20.0 Å². The van der Waals surface area contributed by atoms with Crippen LogP contribution in [0.2, 0.25) is 5.02 Å². The van der Waals surface area contributed by atoms with Crippen molar-refractivity contribution in [2.24, 2.45) is 5.92 Å². The van der Waals surface area contributed by atoms with Crippen molar-refractivity contribution in [3.8, 4) is 17.6 Å². The molecule has 2 amide bonds. The minimum absolute atomic E-state index is 0.0540. The second-order valence-corrected chi connectivity index (χ2v) is 14.2. The number of rotatable bonds is 12. The zero-order valence-corrected chi connectivity index (χ0v) is 31.6. The molecule has 0 saturated carbocycles. The van der Waals surface area contributed by atoms with Crippen molar-refractivity contribution in [3.05, 3.63) is 136 Å². The fraction of sp³-hybridized carbons (Fsp3) is 0.364. The van der Waals surface area contributed by atoms with E-state index in [2.05, 4.69) is 27.0 Å². The van der Waals surface area contributed by atoms with Crippen LogP contribution in [0.4, 0.5) is 9.18 Å². The molecule has 0 bridgehead atoms. The standard InChI is InChI=1S/C44H48ClFN4O4/c1-2-53-41-15-9-14-40(46)39(41)31-49-26-28-50(29-27-49)43(51)42(47-44(52)54-32-34-12-7-4-8-13-34)36-20-23-48(24-21-36)25-22-37-30-38(45)19-18-35(37)17-16-33-10-5-3-6-11-33/h3-15,18-19,30,36,42H,2,20-29,31-32H2,1H3,(H,47,52)/t42-/m1/s1. The Labute approximate surface area is 323 Å². The molecule has 282 valence electrons. The van der Waals surface area contributed by atoms with E-state index in [4.69, 9.17) is 21.1 Å². The highest BCUT2D eigenvalue weighted by atomic mass is 35.5. The van der Waals surface area contributed by atoms with Crippen LogP contribution in [-0.4, -0.2) is 85.2 Å². The van der Waals surface area contributed by atoms with E-state index in [-0.39, 0.29) is 24.2 Å². The zero-order chi connectivity index (χ0) is 37.7. The van der Waals surface area contributed by atoms with Gasteiger partial charge in [-0.15, -0.1) is 0 Å². The lowest BCUT2D eigenvalue weighted by atomic mass is 9.88. The van der Waals surface area contributed by atoms with Gasteiger partial charge in [-0.25, -0.2) is 9.18 Å². The number of carbonyl (C=O) groups is 2. The van der Waals surface area contributed by atoms with Crippen LogP contribution in [0.3, 0.4) is 0 Å². The maximum absolute atomic E-state index is 14.8. The topological polar surface area (TPSA) is 74.3 Å². The van der Waals surface area contributed by atoms with E-state index in [0.717, 1.165) is 61.2 Å². The zero-order valence-electron chi connectivity index (χ0n) is 30.8. The molecule has 4 aromatic carbocycles. The molecule has 0 aliphatic carbocycles. The Hall–Kier alpha value is -4.88. The highest BCUT2D eigenvalue weighted by Crippen LogP contribution is 2.26. The molecule has 1 N–H and O–H groups in total. The Morgan fingerprint density at radius 2 is 1.59 bits per heavy atom. The molecule has 2 saturated heterocycles. The Morgan fingerprint density at radius 1 is 0.870 bits per heavy atom. The van der Waals surface area contributed by atoms with Crippen LogP contribution in [0.25, 0.3) is 0 Å². The molecule has 54 heavy (non-hydrogen) atoms. The minimum Gasteiger partial charge on any atom is -0.493 e. The summed E-state index contributed by atoms with van der Waals surface area (Å²) in [5.41, 5.74) is 4.43. The Morgan fingerprint density at radius 3 is 2.31 bits per heavy atom. The quantitative estimate of drug-likeness (QED) is 0.155. The van der Waals surface area contributed by atoms with Gasteiger partial charge < -0.3 is 24.6 Å². The summed E-state index contributed by atoms with van der Waals surface area (Å²) in [6.07, 6.45) is 1.68. The molecule has 0 spiro atoms. The summed E-state index contributed by atoms with van der Waals surface area (Å²) < 4.78 is 26.1. The molecule has 0 aromatic heterocycles. The van der Waals surface area contributed by atoms with Crippen LogP contribution in [0.5, 0.6) is 5.75 Å². The summed E-state index contributed by atoms with van der Waals surface area (Å²) in [6, 6.07) is 29.4. The number of nitrogens with one attached hydrogen (secondary N) is 1. The average Bonchev–Trinajstić information content (AvgIpc) is 3.20. The lowest BCUT2D eigenvalue weighted by Gasteiger charge is -2.40. The highest BCUT2D eigenvalue weighted by Gasteiger charge is 2.37. The summed E-state index contributed by atoms with van der Waals surface area (Å²) in [5.74, 6) is 6.68. The van der Waals surface area contributed by atoms with E-state index >= 15 is 0 Å². The Bertz CT molecular complexity index is 1900. The largest absolute Gasteiger partial charge is 0.493 e. The van der Waals surface area contributed by atoms with Gasteiger partial charge in [0.05, 0.1) is 6.61 Å². The number of piperidine rings is 1. The van der Waals surface area contributed by atoms with Crippen molar-refractivity contribution in [1.29, 1.82) is 0 Å². The first-order valence-corrected chi connectivity index (χ1v) is 19.2. The van der Waals surface area contributed by atoms with Crippen molar-refractivity contribution >= 4 is 23.6 Å². The number of amides is 2. The second kappa shape index (κ2) is 19.4. The van der Waals surface area contributed by atoms with Crippen LogP contribution in [0.1, 0.15) is 47.6 Å². The maximum atomic E-state index is 14.8. The molecular weight excluding hydrogens is 703 g/mol. The number of carbonyl (C=O) groups excluding carboxylic acids is 2. The first kappa shape index (κ1) is 38.8. The molecule has 4 aromatic rings. The number of piperazine rings is 1. The number of halogens is 2. The third kappa shape index (κ3) is 10.8. The van der Waals surface area contributed by atoms with Crippen LogP contribution in [0, 0.1) is 23.6 Å². The van der Waals surface area contributed by atoms with Crippen LogP contribution in [0.15, 0.2) is 97.1 Å². The van der Waals surface area contributed by atoms with Gasteiger partial charge in [0.25, 0.3) is 0 Å². The average molecular weight is 751 g/mol. The summed E-state index contributed by atoms with van der Waals surface area (Å²) >= 11 is 6.41. The predicted octanol–water partition coefficient (Wildman–Crippen LogP) is 7.17. The third-order valence-electron chi connectivity index (χ3n) is 10.2. The van der Waals surface area contributed by atoms with Gasteiger partial charge in [0, 0.05) is 61.0 Å². The van der Waals surface area contributed by atoms with E-state index in [9.17, 15) is 14.0 Å². The number of ether oxygens (including phenoxy) is 2. The number of nitrogens with zero attached hydrogens (tertiary/aromatic N) is 3. The Balaban J connectivity index is 1.07. The van der Waals surface area contributed by atoms with Crippen LogP contribution < -0.4 is 10.1 Å². The summed E-state index contributed by atoms with van der Waals surface area (Å²) in [7, 11) is 0. The third-order valence-corrected chi connectivity index (χ3v) is 10.4. The minimum atomic E-state index is -0.717. The van der Waals surface area contributed by atoms with Crippen molar-refractivity contribution in [3.63, 3.8) is 0 Å². The van der Waals surface area contributed by atoms with Crippen molar-refractivity contribution in [2.45, 2.75) is 45.4 Å². The van der Waals surface area contributed by atoms with Gasteiger partial charge in [-0.3, -0.25) is 9.69 Å². The molecule has 0 unspecified atom stereocenters. The molecule has 10 heteroatoms. The first-order chi connectivity index (χ1) is 26.4. The summed E-state index contributed by atoms with van der Waals surface area (Å²) in [5, 5.41) is 3.65. The lowest BCUT2D eigenvalue weighted by Crippen LogP contribution is -2.58. The monoisotopic (exact) mass is 750 g/mol. The number of hydrogen-bond acceptors (Lipinski definition) is 6. The van der Waals surface area contributed by atoms with Crippen LogP contribution >= 0.6 is 11.6 Å². The summed E-state index contributed by atoms with van der Waals surface area (Å²) in [6.45, 7) is 7.36. The molecule has 2 aliphatic heterocycles. The summed E-state index contributed by atoms with van der Waals surface area (Å²) in [4.78, 5) is 33.7. The molecule has 1 atom stereocenters. The smallest absolute Gasteiger partial charge is 0.408 e. The van der Waals surface area contributed by atoms with Gasteiger partial charge in [-0.1, -0.05) is 78.0 Å². The number of hydrogen-bond donors (Lipinski definition) is 1. The van der Waals surface area contributed by atoms with E-state index in [1.807, 2.05) is 90.7 Å². The lowest BCUT2D eigenvalue weighted by molar-refractivity contribution is -0.137. The number of alkyl carbamates (subject to hydrolysis) is 1. The van der Waals surface area contributed by atoms with Gasteiger partial charge in [-0.2, -0.15) is 0 Å². The molecule has 2 fully saturated rings. The SMILES string of the molecule is CCOc1cccc(F)c1CN1CCN(C(=O)[C@H](NC(=O)OCc2ccccc2)C2CCN(CCc3cc(Cl)ccc3C#Cc3ccccc3)CC2)CC1. The molecule has 2 heterocycles. The van der Waals surface area contributed by atoms with Crippen molar-refractivity contribution < 1.29 is 23.5 Å². The van der Waals surface area contributed by atoms with Gasteiger partial charge in [0.1, 0.15) is 24.2 Å².